The second-order valence-corrected chi connectivity index (χ2v) is 6.97. The first-order chi connectivity index (χ1) is 11.2. The summed E-state index contributed by atoms with van der Waals surface area (Å²) < 4.78 is 31.4. The maximum absolute atomic E-state index is 12.3. The van der Waals surface area contributed by atoms with Crippen LogP contribution in [-0.2, 0) is 24.7 Å². The molecule has 1 saturated heterocycles. The number of hydrogen-bond acceptors (Lipinski definition) is 9. The first-order valence-corrected chi connectivity index (χ1v) is 9.01. The molecular weight excluding hydrogens is 386 g/mol. The first kappa shape index (κ1) is 18.4. The maximum Gasteiger partial charge on any atom is 0.362 e. The SMILES string of the molecule is CON=C(C(=O)N[C@H]1C(=O)N(S(=O)(=O)O)[C@H]1CCl)c1csc(N)n1. The Hall–Kier alpha value is -1.96. The van der Waals surface area contributed by atoms with Crippen LogP contribution in [0.25, 0.3) is 0 Å². The van der Waals surface area contributed by atoms with E-state index in [9.17, 15) is 18.0 Å². The Morgan fingerprint density at radius 1 is 1.67 bits per heavy atom. The van der Waals surface area contributed by atoms with E-state index in [1.165, 1.54) is 12.5 Å². The van der Waals surface area contributed by atoms with Crippen LogP contribution in [0.2, 0.25) is 0 Å². The van der Waals surface area contributed by atoms with E-state index in [0.29, 0.717) is 0 Å². The number of amides is 2. The minimum atomic E-state index is -4.76. The zero-order chi connectivity index (χ0) is 18.1. The molecule has 0 aromatic carbocycles. The highest BCUT2D eigenvalue weighted by Crippen LogP contribution is 2.24. The number of β-lactam (4-membered cyclic amide) rings is 1. The molecule has 1 aromatic rings. The second kappa shape index (κ2) is 6.88. The van der Waals surface area contributed by atoms with Crippen molar-refractivity contribution < 1.29 is 27.4 Å². The molecule has 1 aromatic heterocycles. The van der Waals surface area contributed by atoms with Crippen LogP contribution in [0.3, 0.4) is 0 Å². The van der Waals surface area contributed by atoms with Crippen molar-refractivity contribution in [3.8, 4) is 0 Å². The van der Waals surface area contributed by atoms with E-state index < -0.39 is 34.2 Å². The smallest absolute Gasteiger partial charge is 0.362 e. The van der Waals surface area contributed by atoms with Gasteiger partial charge in [-0.2, -0.15) is 8.42 Å². The highest BCUT2D eigenvalue weighted by atomic mass is 35.5. The molecule has 11 nitrogen and oxygen atoms in total. The van der Waals surface area contributed by atoms with Crippen molar-refractivity contribution in [3.05, 3.63) is 11.1 Å². The second-order valence-electron chi connectivity index (χ2n) is 4.48. The summed E-state index contributed by atoms with van der Waals surface area (Å²) >= 11 is 6.67. The number of rotatable bonds is 6. The topological polar surface area (TPSA) is 164 Å². The number of thiazole rings is 1. The average Bonchev–Trinajstić information content (AvgIpc) is 2.91. The fraction of sp³-hybridized carbons (Fsp3) is 0.400. The number of nitrogens with two attached hydrogens (primary N) is 1. The van der Waals surface area contributed by atoms with Crippen LogP contribution in [-0.4, -0.2) is 64.9 Å². The lowest BCUT2D eigenvalue weighted by Gasteiger charge is -2.43. The van der Waals surface area contributed by atoms with Crippen molar-refractivity contribution in [2.45, 2.75) is 12.1 Å². The van der Waals surface area contributed by atoms with Gasteiger partial charge in [-0.25, -0.2) is 9.29 Å². The predicted octanol–water partition coefficient (Wildman–Crippen LogP) is -1.19. The third kappa shape index (κ3) is 3.43. The number of nitrogens with zero attached hydrogens (tertiary/aromatic N) is 3. The highest BCUT2D eigenvalue weighted by Gasteiger charge is 2.53. The molecule has 4 N–H and O–H groups in total. The number of anilines is 1. The Bertz CT molecular complexity index is 793. The van der Waals surface area contributed by atoms with Crippen LogP contribution in [0.4, 0.5) is 5.13 Å². The highest BCUT2D eigenvalue weighted by molar-refractivity contribution is 7.84. The minimum absolute atomic E-state index is 0.123. The molecule has 2 atom stereocenters. The molecule has 2 rings (SSSR count). The van der Waals surface area contributed by atoms with Crippen LogP contribution < -0.4 is 11.1 Å². The molecule has 132 valence electrons. The molecule has 0 unspecified atom stereocenters. The Morgan fingerprint density at radius 2 is 2.33 bits per heavy atom. The van der Waals surface area contributed by atoms with E-state index in [4.69, 9.17) is 21.9 Å². The summed E-state index contributed by atoms with van der Waals surface area (Å²) in [5.41, 5.74) is 5.36. The van der Waals surface area contributed by atoms with E-state index in [2.05, 4.69) is 20.3 Å². The van der Waals surface area contributed by atoms with E-state index >= 15 is 0 Å². The number of carbonyl (C=O) groups is 2. The van der Waals surface area contributed by atoms with Gasteiger partial charge < -0.3 is 15.9 Å². The van der Waals surface area contributed by atoms with E-state index in [-0.39, 0.29) is 26.7 Å². The Kier molecular flexibility index (Phi) is 5.27. The predicted molar refractivity (Wildman–Crippen MR) is 84.9 cm³/mol. The lowest BCUT2D eigenvalue weighted by Crippen LogP contribution is -2.73. The summed E-state index contributed by atoms with van der Waals surface area (Å²) in [6.45, 7) is 0. The van der Waals surface area contributed by atoms with Gasteiger partial charge in [0.25, 0.3) is 11.8 Å². The van der Waals surface area contributed by atoms with Gasteiger partial charge in [-0.05, 0) is 0 Å². The Balaban J connectivity index is 2.19. The third-order valence-electron chi connectivity index (χ3n) is 3.02. The molecule has 1 aliphatic rings. The van der Waals surface area contributed by atoms with Gasteiger partial charge in [-0.15, -0.1) is 22.9 Å². The first-order valence-electron chi connectivity index (χ1n) is 6.20. The van der Waals surface area contributed by atoms with Gasteiger partial charge in [0.1, 0.15) is 18.8 Å². The fourth-order valence-corrected chi connectivity index (χ4v) is 3.84. The van der Waals surface area contributed by atoms with Gasteiger partial charge in [-0.1, -0.05) is 5.16 Å². The van der Waals surface area contributed by atoms with Crippen molar-refractivity contribution in [2.75, 3.05) is 18.7 Å². The van der Waals surface area contributed by atoms with Gasteiger partial charge in [0, 0.05) is 11.3 Å². The number of oxime groups is 1. The summed E-state index contributed by atoms with van der Waals surface area (Å²) in [5.74, 6) is -2.19. The molecule has 24 heavy (non-hydrogen) atoms. The molecule has 2 heterocycles. The molecule has 1 fully saturated rings. The van der Waals surface area contributed by atoms with Gasteiger partial charge >= 0.3 is 10.3 Å². The molecule has 14 heteroatoms. The minimum Gasteiger partial charge on any atom is -0.398 e. The van der Waals surface area contributed by atoms with E-state index in [0.717, 1.165) is 11.3 Å². The summed E-state index contributed by atoms with van der Waals surface area (Å²) in [7, 11) is -3.55. The number of alkyl halides is 1. The average molecular weight is 398 g/mol. The van der Waals surface area contributed by atoms with Crippen molar-refractivity contribution in [1.82, 2.24) is 14.6 Å². The standard InChI is InChI=1S/C10H12ClN5O6S2/c1-22-15-6(4-3-23-10(12)13-4)8(17)14-7-5(2-11)16(9(7)18)24(19,20)21/h3,5,7H,2H2,1H3,(H2,12,13)(H,14,17)(H,19,20,21)/t5-,7+/m0/s1. The molecule has 0 radical (unpaired) electrons. The third-order valence-corrected chi connectivity index (χ3v) is 4.96. The Labute approximate surface area is 145 Å². The molecule has 2 amide bonds. The van der Waals surface area contributed by atoms with Crippen LogP contribution in [0.1, 0.15) is 5.69 Å². The zero-order valence-corrected chi connectivity index (χ0v) is 14.4. The van der Waals surface area contributed by atoms with Crippen LogP contribution >= 0.6 is 22.9 Å². The van der Waals surface area contributed by atoms with Gasteiger partial charge in [-0.3, -0.25) is 14.1 Å². The summed E-state index contributed by atoms with van der Waals surface area (Å²) in [6.07, 6.45) is 0. The van der Waals surface area contributed by atoms with E-state index in [1.54, 1.807) is 0 Å². The van der Waals surface area contributed by atoms with Crippen LogP contribution in [0.5, 0.6) is 0 Å². The largest absolute Gasteiger partial charge is 0.398 e. The molecular formula is C10H12ClN5O6S2. The summed E-state index contributed by atoms with van der Waals surface area (Å²) in [5, 5.41) is 7.46. The van der Waals surface area contributed by atoms with Crippen LogP contribution in [0, 0.1) is 0 Å². The lowest BCUT2D eigenvalue weighted by atomic mass is 10.0. The maximum atomic E-state index is 12.3. The number of nitrogen functional groups attached to an aromatic ring is 1. The summed E-state index contributed by atoms with van der Waals surface area (Å²) in [6, 6.07) is -2.36. The Morgan fingerprint density at radius 3 is 2.79 bits per heavy atom. The normalized spacial score (nSPS) is 21.4. The molecule has 0 bridgehead atoms. The monoisotopic (exact) mass is 397 g/mol. The number of carbonyl (C=O) groups excluding carboxylic acids is 2. The number of nitrogens with one attached hydrogen (secondary N) is 1. The van der Waals surface area contributed by atoms with Crippen molar-refractivity contribution >= 4 is 55.9 Å². The molecule has 0 saturated carbocycles. The van der Waals surface area contributed by atoms with Gasteiger partial charge in [0.05, 0.1) is 6.04 Å². The summed E-state index contributed by atoms with van der Waals surface area (Å²) in [4.78, 5) is 32.6. The van der Waals surface area contributed by atoms with E-state index in [1.807, 2.05) is 0 Å². The number of hydrogen-bond donors (Lipinski definition) is 3. The lowest BCUT2D eigenvalue weighted by molar-refractivity contribution is -0.143. The molecule has 1 aliphatic heterocycles. The fourth-order valence-electron chi connectivity index (χ4n) is 2.01. The van der Waals surface area contributed by atoms with Crippen molar-refractivity contribution in [2.24, 2.45) is 5.16 Å². The molecule has 0 spiro atoms. The quantitative estimate of drug-likeness (QED) is 0.177. The van der Waals surface area contributed by atoms with Crippen LogP contribution in [0.15, 0.2) is 10.5 Å². The van der Waals surface area contributed by atoms with Gasteiger partial charge in [0.15, 0.2) is 10.8 Å². The number of aromatic nitrogens is 1. The molecule has 0 aliphatic carbocycles. The zero-order valence-electron chi connectivity index (χ0n) is 12.0. The number of halogens is 1. The van der Waals surface area contributed by atoms with Crippen molar-refractivity contribution in [3.63, 3.8) is 0 Å². The van der Waals surface area contributed by atoms with Crippen molar-refractivity contribution in [1.29, 1.82) is 0 Å². The van der Waals surface area contributed by atoms with Gasteiger partial charge in [0.2, 0.25) is 0 Å².